The Labute approximate surface area is 78.3 Å². The van der Waals surface area contributed by atoms with Crippen LogP contribution in [0.2, 0.25) is 0 Å². The predicted molar refractivity (Wildman–Crippen MR) is 48.4 cm³/mol. The van der Waals surface area contributed by atoms with Crippen molar-refractivity contribution >= 4 is 18.3 Å². The quantitative estimate of drug-likeness (QED) is 0.576. The molecule has 2 atom stereocenters. The first-order chi connectivity index (χ1) is 5.11. The first kappa shape index (κ1) is 11.7. The lowest BCUT2D eigenvalue weighted by atomic mass is 10.2. The monoisotopic (exact) mass is 194 g/mol. The molecular formula is C7H15ClN2O2. The van der Waals surface area contributed by atoms with Crippen molar-refractivity contribution in [2.75, 3.05) is 20.6 Å². The molecule has 0 aliphatic carbocycles. The number of nitrogens with one attached hydrogen (secondary N) is 1. The van der Waals surface area contributed by atoms with Gasteiger partial charge in [-0.15, -0.1) is 12.4 Å². The van der Waals surface area contributed by atoms with Crippen LogP contribution < -0.4 is 5.32 Å². The van der Waals surface area contributed by atoms with Gasteiger partial charge in [0.25, 0.3) is 0 Å². The van der Waals surface area contributed by atoms with Crippen molar-refractivity contribution in [3.63, 3.8) is 0 Å². The van der Waals surface area contributed by atoms with Crippen LogP contribution in [0, 0.1) is 0 Å². The topological polar surface area (TPSA) is 52.6 Å². The van der Waals surface area contributed by atoms with Crippen LogP contribution in [0.25, 0.3) is 0 Å². The second-order valence-electron chi connectivity index (χ2n) is 3.08. The number of nitrogens with zero attached hydrogens (tertiary/aromatic N) is 1. The van der Waals surface area contributed by atoms with Crippen LogP contribution in [-0.2, 0) is 4.79 Å². The van der Waals surface area contributed by atoms with Gasteiger partial charge >= 0.3 is 0 Å². The van der Waals surface area contributed by atoms with E-state index < -0.39 is 0 Å². The first-order valence-electron chi connectivity index (χ1n) is 3.74. The molecule has 1 saturated heterocycles. The van der Waals surface area contributed by atoms with E-state index in [2.05, 4.69) is 5.32 Å². The minimum Gasteiger partial charge on any atom is -0.392 e. The molecule has 1 aliphatic rings. The van der Waals surface area contributed by atoms with Gasteiger partial charge in [0.05, 0.1) is 12.1 Å². The van der Waals surface area contributed by atoms with Gasteiger partial charge in [0.1, 0.15) is 0 Å². The minimum atomic E-state index is -0.358. The van der Waals surface area contributed by atoms with E-state index in [9.17, 15) is 4.79 Å². The van der Waals surface area contributed by atoms with E-state index >= 15 is 0 Å². The second-order valence-corrected chi connectivity index (χ2v) is 3.08. The van der Waals surface area contributed by atoms with Crippen molar-refractivity contribution in [3.05, 3.63) is 0 Å². The molecule has 0 aromatic heterocycles. The average Bonchev–Trinajstić information content (AvgIpc) is 2.34. The lowest BCUT2D eigenvalue weighted by molar-refractivity contribution is -0.130. The Morgan fingerprint density at radius 2 is 2.17 bits per heavy atom. The van der Waals surface area contributed by atoms with Gasteiger partial charge in [-0.2, -0.15) is 0 Å². The van der Waals surface area contributed by atoms with E-state index in [1.807, 2.05) is 0 Å². The summed E-state index contributed by atoms with van der Waals surface area (Å²) in [6.45, 7) is 0.532. The molecule has 1 heterocycles. The smallest absolute Gasteiger partial charge is 0.239 e. The van der Waals surface area contributed by atoms with E-state index in [0.29, 0.717) is 13.0 Å². The summed E-state index contributed by atoms with van der Waals surface area (Å²) in [4.78, 5) is 12.8. The molecule has 4 nitrogen and oxygen atoms in total. The summed E-state index contributed by atoms with van der Waals surface area (Å²) in [5.41, 5.74) is 0. The molecule has 1 fully saturated rings. The van der Waals surface area contributed by atoms with Crippen molar-refractivity contribution in [1.82, 2.24) is 10.2 Å². The molecule has 2 unspecified atom stereocenters. The summed E-state index contributed by atoms with van der Waals surface area (Å²) in [6, 6.07) is -0.181. The first-order valence-corrected chi connectivity index (χ1v) is 3.74. The number of hydrogen-bond donors (Lipinski definition) is 2. The summed E-state index contributed by atoms with van der Waals surface area (Å²) >= 11 is 0. The Morgan fingerprint density at radius 1 is 1.58 bits per heavy atom. The number of amides is 1. The number of aliphatic hydroxyl groups excluding tert-OH is 1. The summed E-state index contributed by atoms with van der Waals surface area (Å²) < 4.78 is 0. The third-order valence-electron chi connectivity index (χ3n) is 1.85. The molecule has 1 amide bonds. The molecular weight excluding hydrogens is 180 g/mol. The number of likely N-dealkylation sites (N-methyl/N-ethyl adjacent to an activating group) is 1. The van der Waals surface area contributed by atoms with Gasteiger partial charge in [0, 0.05) is 20.6 Å². The fraction of sp³-hybridized carbons (Fsp3) is 0.857. The highest BCUT2D eigenvalue weighted by molar-refractivity contribution is 5.85. The third-order valence-corrected chi connectivity index (χ3v) is 1.85. The second kappa shape index (κ2) is 4.64. The fourth-order valence-electron chi connectivity index (χ4n) is 1.22. The van der Waals surface area contributed by atoms with Crippen molar-refractivity contribution in [1.29, 1.82) is 0 Å². The molecule has 12 heavy (non-hydrogen) atoms. The maximum absolute atomic E-state index is 11.2. The predicted octanol–water partition coefficient (Wildman–Crippen LogP) is -0.781. The summed E-state index contributed by atoms with van der Waals surface area (Å²) in [7, 11) is 3.43. The van der Waals surface area contributed by atoms with Crippen LogP contribution in [0.4, 0.5) is 0 Å². The molecule has 5 heteroatoms. The molecule has 0 spiro atoms. The van der Waals surface area contributed by atoms with Crippen LogP contribution in [-0.4, -0.2) is 48.7 Å². The van der Waals surface area contributed by atoms with Crippen LogP contribution >= 0.6 is 12.4 Å². The molecule has 0 radical (unpaired) electrons. The average molecular weight is 195 g/mol. The number of halogens is 1. The van der Waals surface area contributed by atoms with E-state index in [4.69, 9.17) is 5.11 Å². The van der Waals surface area contributed by atoms with Crippen molar-refractivity contribution in [2.24, 2.45) is 0 Å². The maximum atomic E-state index is 11.2. The summed E-state index contributed by atoms with van der Waals surface area (Å²) in [6.07, 6.45) is 0.181. The zero-order valence-electron chi connectivity index (χ0n) is 7.28. The molecule has 72 valence electrons. The van der Waals surface area contributed by atoms with Gasteiger partial charge in [-0.05, 0) is 6.42 Å². The molecule has 0 aromatic rings. The van der Waals surface area contributed by atoms with E-state index in [0.717, 1.165) is 0 Å². The highest BCUT2D eigenvalue weighted by Crippen LogP contribution is 2.07. The van der Waals surface area contributed by atoms with Crippen LogP contribution in [0.5, 0.6) is 0 Å². The highest BCUT2D eigenvalue weighted by atomic mass is 35.5. The Morgan fingerprint density at radius 3 is 2.50 bits per heavy atom. The molecule has 0 bridgehead atoms. The van der Waals surface area contributed by atoms with Gasteiger partial charge in [-0.3, -0.25) is 4.79 Å². The Kier molecular flexibility index (Phi) is 4.52. The SMILES string of the molecule is CN(C)C(=O)C1CC(O)CN1.Cl. The Bertz CT molecular complexity index is 163. The fourth-order valence-corrected chi connectivity index (χ4v) is 1.22. The Hall–Kier alpha value is -0.320. The van der Waals surface area contributed by atoms with E-state index in [1.165, 1.54) is 4.90 Å². The van der Waals surface area contributed by atoms with Crippen molar-refractivity contribution < 1.29 is 9.90 Å². The third kappa shape index (κ3) is 2.62. The molecule has 0 aromatic carbocycles. The van der Waals surface area contributed by atoms with Crippen LogP contribution in [0.15, 0.2) is 0 Å². The normalized spacial score (nSPS) is 27.9. The number of carbonyl (C=O) groups is 1. The highest BCUT2D eigenvalue weighted by Gasteiger charge is 2.28. The molecule has 1 rings (SSSR count). The standard InChI is InChI=1S/C7H14N2O2.ClH/c1-9(2)7(11)6-3-5(10)4-8-6;/h5-6,8,10H,3-4H2,1-2H3;1H. The zero-order valence-corrected chi connectivity index (χ0v) is 8.10. The van der Waals surface area contributed by atoms with Crippen molar-refractivity contribution in [2.45, 2.75) is 18.6 Å². The number of β-amino-alcohol motifs (C(OH)–C–C–N with tert-alkyl or cyclic N) is 1. The van der Waals surface area contributed by atoms with Gasteiger partial charge in [-0.25, -0.2) is 0 Å². The molecule has 1 aliphatic heterocycles. The van der Waals surface area contributed by atoms with E-state index in [-0.39, 0.29) is 30.5 Å². The Balaban J connectivity index is 0.00000121. The van der Waals surface area contributed by atoms with Crippen LogP contribution in [0.1, 0.15) is 6.42 Å². The lowest BCUT2D eigenvalue weighted by Gasteiger charge is -2.15. The van der Waals surface area contributed by atoms with Gasteiger partial charge < -0.3 is 15.3 Å². The summed E-state index contributed by atoms with van der Waals surface area (Å²) in [5.74, 6) is 0.0431. The van der Waals surface area contributed by atoms with E-state index in [1.54, 1.807) is 14.1 Å². The number of hydrogen-bond acceptors (Lipinski definition) is 3. The number of rotatable bonds is 1. The summed E-state index contributed by atoms with van der Waals surface area (Å²) in [5, 5.41) is 12.0. The van der Waals surface area contributed by atoms with Crippen LogP contribution in [0.3, 0.4) is 0 Å². The number of carbonyl (C=O) groups excluding carboxylic acids is 1. The van der Waals surface area contributed by atoms with Gasteiger partial charge in [-0.1, -0.05) is 0 Å². The minimum absolute atomic E-state index is 0. The zero-order chi connectivity index (χ0) is 8.43. The largest absolute Gasteiger partial charge is 0.392 e. The van der Waals surface area contributed by atoms with Gasteiger partial charge in [0.2, 0.25) is 5.91 Å². The lowest BCUT2D eigenvalue weighted by Crippen LogP contribution is -2.39. The van der Waals surface area contributed by atoms with Crippen molar-refractivity contribution in [3.8, 4) is 0 Å². The van der Waals surface area contributed by atoms with Gasteiger partial charge in [0.15, 0.2) is 0 Å². The molecule has 0 saturated carbocycles. The molecule has 2 N–H and O–H groups in total. The number of aliphatic hydroxyl groups is 1. The maximum Gasteiger partial charge on any atom is 0.239 e.